The Labute approximate surface area is 91.6 Å². The molecule has 1 unspecified atom stereocenters. The lowest BCUT2D eigenvalue weighted by atomic mass is 10.2. The zero-order valence-electron chi connectivity index (χ0n) is 8.30. The predicted molar refractivity (Wildman–Crippen MR) is 58.7 cm³/mol. The summed E-state index contributed by atoms with van der Waals surface area (Å²) >= 11 is 3.33. The van der Waals surface area contributed by atoms with Crippen LogP contribution in [0.25, 0.3) is 0 Å². The molecule has 0 aromatic carbocycles. The van der Waals surface area contributed by atoms with Crippen LogP contribution in [0.3, 0.4) is 0 Å². The van der Waals surface area contributed by atoms with Crippen molar-refractivity contribution in [3.8, 4) is 0 Å². The van der Waals surface area contributed by atoms with Gasteiger partial charge >= 0.3 is 0 Å². The lowest BCUT2D eigenvalue weighted by Crippen LogP contribution is -2.32. The highest BCUT2D eigenvalue weighted by molar-refractivity contribution is 9.09. The first kappa shape index (κ1) is 11.2. The van der Waals surface area contributed by atoms with Gasteiger partial charge in [0, 0.05) is 17.1 Å². The van der Waals surface area contributed by atoms with Gasteiger partial charge in [-0.1, -0.05) is 15.9 Å². The van der Waals surface area contributed by atoms with Crippen LogP contribution in [0, 0.1) is 6.92 Å². The number of hydrogen-bond acceptors (Lipinski definition) is 2. The van der Waals surface area contributed by atoms with E-state index in [0.29, 0.717) is 5.56 Å². The van der Waals surface area contributed by atoms with E-state index < -0.39 is 0 Å². The van der Waals surface area contributed by atoms with Crippen LogP contribution < -0.4 is 5.32 Å². The molecule has 4 nitrogen and oxygen atoms in total. The molecule has 1 aromatic rings. The van der Waals surface area contributed by atoms with Crippen molar-refractivity contribution >= 4 is 21.8 Å². The molecule has 1 rings (SSSR count). The van der Waals surface area contributed by atoms with E-state index in [2.05, 4.69) is 31.4 Å². The number of halogens is 1. The minimum Gasteiger partial charge on any atom is -0.349 e. The Balaban J connectivity index is 2.55. The molecule has 0 spiro atoms. The quantitative estimate of drug-likeness (QED) is 0.808. The summed E-state index contributed by atoms with van der Waals surface area (Å²) in [5, 5.41) is 10.3. The highest BCUT2D eigenvalue weighted by Crippen LogP contribution is 2.03. The molecule has 0 saturated carbocycles. The second kappa shape index (κ2) is 5.14. The van der Waals surface area contributed by atoms with Crippen molar-refractivity contribution < 1.29 is 4.79 Å². The van der Waals surface area contributed by atoms with Crippen molar-refractivity contribution in [2.75, 3.05) is 5.33 Å². The first-order valence-electron chi connectivity index (χ1n) is 4.52. The first-order valence-corrected chi connectivity index (χ1v) is 5.64. The lowest BCUT2D eigenvalue weighted by molar-refractivity contribution is 0.0939. The summed E-state index contributed by atoms with van der Waals surface area (Å²) in [6.45, 7) is 3.81. The van der Waals surface area contributed by atoms with Crippen LogP contribution in [0.2, 0.25) is 0 Å². The summed E-state index contributed by atoms with van der Waals surface area (Å²) < 4.78 is 0. The van der Waals surface area contributed by atoms with Gasteiger partial charge in [-0.3, -0.25) is 9.89 Å². The van der Waals surface area contributed by atoms with E-state index in [-0.39, 0.29) is 11.9 Å². The molecule has 78 valence electrons. The van der Waals surface area contributed by atoms with E-state index in [0.717, 1.165) is 17.4 Å². The zero-order valence-corrected chi connectivity index (χ0v) is 9.89. The fraction of sp³-hybridized carbons (Fsp3) is 0.556. The Bertz CT molecular complexity index is 311. The monoisotopic (exact) mass is 259 g/mol. The first-order chi connectivity index (χ1) is 6.65. The highest BCUT2D eigenvalue weighted by Gasteiger charge is 2.12. The largest absolute Gasteiger partial charge is 0.349 e. The molecule has 1 aromatic heterocycles. The van der Waals surface area contributed by atoms with E-state index >= 15 is 0 Å². The van der Waals surface area contributed by atoms with Crippen molar-refractivity contribution in [1.82, 2.24) is 15.5 Å². The third kappa shape index (κ3) is 2.83. The van der Waals surface area contributed by atoms with Gasteiger partial charge in [-0.05, 0) is 20.3 Å². The summed E-state index contributed by atoms with van der Waals surface area (Å²) in [4.78, 5) is 11.6. The molecule has 0 aliphatic heterocycles. The topological polar surface area (TPSA) is 57.8 Å². The Morgan fingerprint density at radius 2 is 2.50 bits per heavy atom. The molecule has 0 saturated heterocycles. The van der Waals surface area contributed by atoms with Crippen molar-refractivity contribution in [3.05, 3.63) is 17.5 Å². The van der Waals surface area contributed by atoms with Crippen LogP contribution >= 0.6 is 15.9 Å². The molecular formula is C9H14BrN3O. The second-order valence-electron chi connectivity index (χ2n) is 3.26. The summed E-state index contributed by atoms with van der Waals surface area (Å²) in [6.07, 6.45) is 2.47. The zero-order chi connectivity index (χ0) is 10.6. The fourth-order valence-corrected chi connectivity index (χ4v) is 1.80. The van der Waals surface area contributed by atoms with Gasteiger partial charge in [0.05, 0.1) is 11.8 Å². The number of nitrogens with zero attached hydrogens (tertiary/aromatic N) is 1. The average Bonchev–Trinajstić information content (AvgIpc) is 2.51. The van der Waals surface area contributed by atoms with Crippen LogP contribution in [0.4, 0.5) is 0 Å². The smallest absolute Gasteiger partial charge is 0.254 e. The summed E-state index contributed by atoms with van der Waals surface area (Å²) in [5.41, 5.74) is 1.42. The molecule has 2 N–H and O–H groups in total. The number of H-pyrrole nitrogens is 1. The fourth-order valence-electron chi connectivity index (χ4n) is 1.12. The second-order valence-corrected chi connectivity index (χ2v) is 4.05. The third-order valence-corrected chi connectivity index (χ3v) is 2.45. The molecular weight excluding hydrogens is 246 g/mol. The number of carbonyl (C=O) groups excluding carboxylic acids is 1. The Morgan fingerprint density at radius 3 is 3.00 bits per heavy atom. The Kier molecular flexibility index (Phi) is 4.13. The molecule has 1 heterocycles. The highest BCUT2D eigenvalue weighted by atomic mass is 79.9. The number of aromatic nitrogens is 2. The molecule has 0 radical (unpaired) electrons. The number of rotatable bonds is 4. The number of aryl methyl sites for hydroxylation is 1. The van der Waals surface area contributed by atoms with Crippen LogP contribution in [0.5, 0.6) is 0 Å². The van der Waals surface area contributed by atoms with Crippen LogP contribution in [-0.4, -0.2) is 27.5 Å². The van der Waals surface area contributed by atoms with Crippen LogP contribution in [0.15, 0.2) is 6.20 Å². The van der Waals surface area contributed by atoms with Crippen LogP contribution in [0.1, 0.15) is 29.4 Å². The van der Waals surface area contributed by atoms with E-state index in [1.165, 1.54) is 0 Å². The van der Waals surface area contributed by atoms with E-state index in [9.17, 15) is 4.79 Å². The Hall–Kier alpha value is -0.840. The van der Waals surface area contributed by atoms with Crippen LogP contribution in [-0.2, 0) is 0 Å². The van der Waals surface area contributed by atoms with Crippen molar-refractivity contribution in [1.29, 1.82) is 0 Å². The number of hydrogen-bond donors (Lipinski definition) is 2. The van der Waals surface area contributed by atoms with Gasteiger partial charge < -0.3 is 5.32 Å². The molecule has 0 aliphatic rings. The lowest BCUT2D eigenvalue weighted by Gasteiger charge is -2.11. The van der Waals surface area contributed by atoms with E-state index in [1.54, 1.807) is 6.20 Å². The molecule has 0 fully saturated rings. The number of alkyl halides is 1. The molecule has 5 heteroatoms. The standard InChI is InChI=1S/C9H14BrN3O/c1-6(3-4-10)12-9(14)8-5-11-13-7(8)2/h5-6H,3-4H2,1-2H3,(H,11,13)(H,12,14). The molecule has 1 atom stereocenters. The number of carbonyl (C=O) groups is 1. The maximum atomic E-state index is 11.6. The van der Waals surface area contributed by atoms with Gasteiger partial charge in [-0.15, -0.1) is 0 Å². The van der Waals surface area contributed by atoms with Gasteiger partial charge in [-0.2, -0.15) is 5.10 Å². The minimum absolute atomic E-state index is 0.0651. The van der Waals surface area contributed by atoms with Gasteiger partial charge in [0.15, 0.2) is 0 Å². The predicted octanol–water partition coefficient (Wildman–Crippen LogP) is 1.62. The third-order valence-electron chi connectivity index (χ3n) is 1.99. The van der Waals surface area contributed by atoms with Crippen molar-refractivity contribution in [2.45, 2.75) is 26.3 Å². The van der Waals surface area contributed by atoms with Gasteiger partial charge in [0.2, 0.25) is 0 Å². The number of amides is 1. The van der Waals surface area contributed by atoms with E-state index in [4.69, 9.17) is 0 Å². The normalized spacial score (nSPS) is 12.5. The number of nitrogens with one attached hydrogen (secondary N) is 2. The summed E-state index contributed by atoms with van der Waals surface area (Å²) in [5.74, 6) is -0.0651. The van der Waals surface area contributed by atoms with Gasteiger partial charge in [0.25, 0.3) is 5.91 Å². The SMILES string of the molecule is Cc1[nH]ncc1C(=O)NC(C)CCBr. The van der Waals surface area contributed by atoms with Crippen molar-refractivity contribution in [3.63, 3.8) is 0 Å². The molecule has 1 amide bonds. The number of aromatic amines is 1. The van der Waals surface area contributed by atoms with Crippen molar-refractivity contribution in [2.24, 2.45) is 0 Å². The van der Waals surface area contributed by atoms with Gasteiger partial charge in [0.1, 0.15) is 0 Å². The summed E-state index contributed by atoms with van der Waals surface area (Å²) in [7, 11) is 0. The Morgan fingerprint density at radius 1 is 1.79 bits per heavy atom. The summed E-state index contributed by atoms with van der Waals surface area (Å²) in [6, 6.07) is 0.177. The molecule has 0 aliphatic carbocycles. The van der Waals surface area contributed by atoms with Gasteiger partial charge in [-0.25, -0.2) is 0 Å². The average molecular weight is 260 g/mol. The van der Waals surface area contributed by atoms with E-state index in [1.807, 2.05) is 13.8 Å². The maximum Gasteiger partial charge on any atom is 0.254 e. The molecule has 0 bridgehead atoms. The maximum absolute atomic E-state index is 11.6. The minimum atomic E-state index is -0.0651. The molecule has 14 heavy (non-hydrogen) atoms.